The summed E-state index contributed by atoms with van der Waals surface area (Å²) in [4.78, 5) is 1.08. The highest BCUT2D eigenvalue weighted by Gasteiger charge is 2.28. The van der Waals surface area contributed by atoms with Crippen molar-refractivity contribution in [2.75, 3.05) is 0 Å². The van der Waals surface area contributed by atoms with E-state index < -0.39 is 3.79 Å². The number of halogens is 4. The molecule has 0 aliphatic carbocycles. The van der Waals surface area contributed by atoms with E-state index in [9.17, 15) is 0 Å². The molecule has 106 valence electrons. The van der Waals surface area contributed by atoms with E-state index in [1.54, 1.807) is 11.3 Å². The van der Waals surface area contributed by atoms with Gasteiger partial charge in [-0.15, -0.1) is 11.3 Å². The normalized spacial score (nSPS) is 11.4. The average Bonchev–Trinajstić information content (AvgIpc) is 2.84. The minimum atomic E-state index is -1.83. The van der Waals surface area contributed by atoms with Gasteiger partial charge in [-0.3, -0.25) is 5.41 Å². The molecule has 0 fully saturated rings. The minimum Gasteiger partial charge on any atom is -0.473 e. The molecule has 7 heteroatoms. The van der Waals surface area contributed by atoms with Crippen molar-refractivity contribution >= 4 is 68.0 Å². The van der Waals surface area contributed by atoms with Crippen molar-refractivity contribution < 1.29 is 4.74 Å². The Kier molecular flexibility index (Phi) is 5.37. The zero-order valence-corrected chi connectivity index (χ0v) is 14.7. The van der Waals surface area contributed by atoms with E-state index in [-0.39, 0.29) is 12.5 Å². The number of alkyl halides is 3. The molecule has 0 saturated carbocycles. The molecular weight excluding hydrogens is 404 g/mol. The first-order valence-corrected chi connectivity index (χ1v) is 8.29. The van der Waals surface area contributed by atoms with Crippen LogP contribution in [0.15, 0.2) is 40.2 Å². The third-order valence-corrected chi connectivity index (χ3v) is 4.53. The van der Waals surface area contributed by atoms with Gasteiger partial charge >= 0.3 is 0 Å². The maximum Gasteiger partial charge on any atom is 0.265 e. The number of nitrogens with one attached hydrogen (secondary N) is 1. The molecule has 0 amide bonds. The summed E-state index contributed by atoms with van der Waals surface area (Å²) in [6, 6.07) is 9.92. The van der Waals surface area contributed by atoms with Crippen LogP contribution >= 0.6 is 62.1 Å². The highest BCUT2D eigenvalue weighted by Crippen LogP contribution is 2.32. The van der Waals surface area contributed by atoms with Crippen molar-refractivity contribution in [1.82, 2.24) is 0 Å². The summed E-state index contributed by atoms with van der Waals surface area (Å²) in [6.45, 7) is 0.196. The number of hydrogen-bond donors (Lipinski definition) is 1. The minimum absolute atomic E-state index is 0.196. The van der Waals surface area contributed by atoms with Crippen molar-refractivity contribution in [3.05, 3.63) is 45.7 Å². The molecule has 1 N–H and O–H groups in total. The third kappa shape index (κ3) is 4.12. The molecule has 0 bridgehead atoms. The summed E-state index contributed by atoms with van der Waals surface area (Å²) in [5.74, 6) is -0.379. The predicted molar refractivity (Wildman–Crippen MR) is 90.3 cm³/mol. The Bertz CT molecular complexity index is 607. The van der Waals surface area contributed by atoms with Crippen LogP contribution in [0.2, 0.25) is 0 Å². The molecule has 2 rings (SSSR count). The number of ether oxygens (including phenoxy) is 1. The first kappa shape index (κ1) is 16.1. The predicted octanol–water partition coefficient (Wildman–Crippen LogP) is 6.04. The lowest BCUT2D eigenvalue weighted by Gasteiger charge is -2.13. The van der Waals surface area contributed by atoms with E-state index in [1.807, 2.05) is 35.7 Å². The van der Waals surface area contributed by atoms with Crippen LogP contribution in [-0.2, 0) is 11.3 Å². The maximum absolute atomic E-state index is 7.52. The van der Waals surface area contributed by atoms with E-state index in [4.69, 9.17) is 44.9 Å². The van der Waals surface area contributed by atoms with Gasteiger partial charge in [0, 0.05) is 14.9 Å². The molecule has 0 saturated heterocycles. The van der Waals surface area contributed by atoms with E-state index in [0.717, 1.165) is 20.5 Å². The van der Waals surface area contributed by atoms with Crippen molar-refractivity contribution in [2.24, 2.45) is 0 Å². The summed E-state index contributed by atoms with van der Waals surface area (Å²) in [6.07, 6.45) is 0. The Morgan fingerprint density at radius 2 is 1.85 bits per heavy atom. The van der Waals surface area contributed by atoms with Gasteiger partial charge in [0.25, 0.3) is 3.79 Å². The van der Waals surface area contributed by atoms with Crippen molar-refractivity contribution in [1.29, 1.82) is 5.41 Å². The van der Waals surface area contributed by atoms with Gasteiger partial charge in [-0.1, -0.05) is 62.9 Å². The molecule has 20 heavy (non-hydrogen) atoms. The highest BCUT2D eigenvalue weighted by molar-refractivity contribution is 9.10. The van der Waals surface area contributed by atoms with Crippen LogP contribution in [0.3, 0.4) is 0 Å². The van der Waals surface area contributed by atoms with Crippen LogP contribution in [-0.4, -0.2) is 9.69 Å². The molecular formula is C13H9BrCl3NOS. The Morgan fingerprint density at radius 1 is 1.20 bits per heavy atom. The Balaban J connectivity index is 2.13. The van der Waals surface area contributed by atoms with Gasteiger partial charge in [-0.2, -0.15) is 0 Å². The molecule has 0 unspecified atom stereocenters. The van der Waals surface area contributed by atoms with Crippen molar-refractivity contribution in [3.63, 3.8) is 0 Å². The van der Waals surface area contributed by atoms with Gasteiger partial charge < -0.3 is 4.74 Å². The zero-order valence-electron chi connectivity index (χ0n) is 10.00. The molecule has 0 aliphatic heterocycles. The van der Waals surface area contributed by atoms with Crippen LogP contribution in [0.1, 0.15) is 5.56 Å². The van der Waals surface area contributed by atoms with Crippen LogP contribution in [0.4, 0.5) is 0 Å². The van der Waals surface area contributed by atoms with Crippen molar-refractivity contribution in [3.8, 4) is 10.4 Å². The maximum atomic E-state index is 7.52. The van der Waals surface area contributed by atoms with Gasteiger partial charge in [0.1, 0.15) is 6.61 Å². The second-order valence-electron chi connectivity index (χ2n) is 3.90. The van der Waals surface area contributed by atoms with Gasteiger partial charge in [-0.25, -0.2) is 0 Å². The third-order valence-electron chi connectivity index (χ3n) is 2.48. The quantitative estimate of drug-likeness (QED) is 0.371. The molecule has 0 radical (unpaired) electrons. The average molecular weight is 414 g/mol. The van der Waals surface area contributed by atoms with Crippen LogP contribution in [0.5, 0.6) is 0 Å². The first-order chi connectivity index (χ1) is 9.38. The molecule has 1 aromatic carbocycles. The smallest absolute Gasteiger partial charge is 0.265 e. The van der Waals surface area contributed by atoms with Gasteiger partial charge in [0.2, 0.25) is 5.90 Å². The molecule has 2 nitrogen and oxygen atoms in total. The molecule has 1 heterocycles. The molecule has 0 aliphatic rings. The van der Waals surface area contributed by atoms with E-state index >= 15 is 0 Å². The van der Waals surface area contributed by atoms with Crippen LogP contribution < -0.4 is 0 Å². The topological polar surface area (TPSA) is 33.1 Å². The number of benzene rings is 1. The summed E-state index contributed by atoms with van der Waals surface area (Å²) in [5.41, 5.74) is 2.04. The lowest BCUT2D eigenvalue weighted by molar-refractivity contribution is 0.285. The Hall–Kier alpha value is -0.260. The van der Waals surface area contributed by atoms with Gasteiger partial charge in [-0.05, 0) is 29.1 Å². The fourth-order valence-corrected chi connectivity index (χ4v) is 2.88. The second kappa shape index (κ2) is 6.67. The number of rotatable bonds is 3. The SMILES string of the molecule is N=C(OCc1ccsc1-c1ccc(Br)cc1)C(Cl)(Cl)Cl. The van der Waals surface area contributed by atoms with Crippen LogP contribution in [0.25, 0.3) is 10.4 Å². The summed E-state index contributed by atoms with van der Waals surface area (Å²) in [7, 11) is 0. The monoisotopic (exact) mass is 411 g/mol. The standard InChI is InChI=1S/C13H9BrCl3NOS/c14-10-3-1-8(2-4-10)11-9(5-6-20-11)7-19-12(18)13(15,16)17/h1-6,18H,7H2. The number of thiophene rings is 1. The molecule has 0 atom stereocenters. The first-order valence-electron chi connectivity index (χ1n) is 5.49. The Labute approximate surface area is 144 Å². The summed E-state index contributed by atoms with van der Waals surface area (Å²) >= 11 is 21.7. The van der Waals surface area contributed by atoms with Crippen LogP contribution in [0, 0.1) is 5.41 Å². The highest BCUT2D eigenvalue weighted by atomic mass is 79.9. The summed E-state index contributed by atoms with van der Waals surface area (Å²) in [5, 5.41) is 9.49. The fourth-order valence-electron chi connectivity index (χ4n) is 1.54. The lowest BCUT2D eigenvalue weighted by atomic mass is 10.1. The van der Waals surface area contributed by atoms with E-state index in [0.29, 0.717) is 0 Å². The van der Waals surface area contributed by atoms with E-state index in [1.165, 1.54) is 0 Å². The molecule has 1 aromatic heterocycles. The van der Waals surface area contributed by atoms with Crippen molar-refractivity contribution in [2.45, 2.75) is 10.4 Å². The second-order valence-corrected chi connectivity index (χ2v) is 8.01. The summed E-state index contributed by atoms with van der Waals surface area (Å²) < 4.78 is 4.42. The fraction of sp³-hybridized carbons (Fsp3) is 0.154. The van der Waals surface area contributed by atoms with Gasteiger partial charge in [0.05, 0.1) is 0 Å². The van der Waals surface area contributed by atoms with E-state index in [2.05, 4.69) is 15.9 Å². The van der Waals surface area contributed by atoms with Gasteiger partial charge in [0.15, 0.2) is 0 Å². The zero-order chi connectivity index (χ0) is 14.8. The Morgan fingerprint density at radius 3 is 2.45 bits per heavy atom. The molecule has 2 aromatic rings. The molecule has 0 spiro atoms. The lowest BCUT2D eigenvalue weighted by Crippen LogP contribution is -2.20. The largest absolute Gasteiger partial charge is 0.473 e. The number of hydrogen-bond acceptors (Lipinski definition) is 3.